The molecule has 1 aliphatic heterocycles. The van der Waals surface area contributed by atoms with Crippen molar-refractivity contribution in [2.24, 2.45) is 0 Å². The first-order valence-electron chi connectivity index (χ1n) is 7.34. The largest absolute Gasteiger partial charge is 0.480 e. The molecule has 0 saturated carbocycles. The van der Waals surface area contributed by atoms with Crippen LogP contribution in [0.15, 0.2) is 0 Å². The van der Waals surface area contributed by atoms with E-state index in [2.05, 4.69) is 11.4 Å². The van der Waals surface area contributed by atoms with E-state index in [1.807, 2.05) is 0 Å². The van der Waals surface area contributed by atoms with E-state index in [1.165, 1.54) is 28.0 Å². The lowest BCUT2D eigenvalue weighted by atomic mass is 9.96. The first kappa shape index (κ1) is 15.4. The molecule has 2 aliphatic rings. The molecule has 1 aliphatic carbocycles. The molecule has 3 rings (SSSR count). The molecule has 2 unspecified atom stereocenters. The van der Waals surface area contributed by atoms with Gasteiger partial charge in [-0.3, -0.25) is 9.59 Å². The van der Waals surface area contributed by atoms with Crippen molar-refractivity contribution in [3.8, 4) is 6.07 Å². The van der Waals surface area contributed by atoms with Crippen LogP contribution >= 0.6 is 23.1 Å². The van der Waals surface area contributed by atoms with Crippen molar-refractivity contribution >= 4 is 40.0 Å². The first-order valence-corrected chi connectivity index (χ1v) is 9.10. The third-order valence-corrected chi connectivity index (χ3v) is 6.86. The standard InChI is InChI=1S/C15H16N2O3S2/c16-7-9-8-3-1-2-4-10(8)22-14(9)17-13(18)11-5-6-12(21-11)15(19)20/h11-12H,1-6H2,(H,17,18)(H,19,20). The SMILES string of the molecule is N#Cc1c(NC(=O)C2CCC(C(=O)O)S2)sc2c1CCCC2. The summed E-state index contributed by atoms with van der Waals surface area (Å²) in [5.41, 5.74) is 1.70. The number of carboxylic acid groups (broad SMARTS) is 1. The highest BCUT2D eigenvalue weighted by atomic mass is 32.2. The first-order chi connectivity index (χ1) is 10.6. The van der Waals surface area contributed by atoms with Crippen molar-refractivity contribution in [3.63, 3.8) is 0 Å². The topological polar surface area (TPSA) is 90.2 Å². The van der Waals surface area contributed by atoms with Crippen molar-refractivity contribution in [1.82, 2.24) is 0 Å². The number of aryl methyl sites for hydroxylation is 1. The summed E-state index contributed by atoms with van der Waals surface area (Å²) in [6.45, 7) is 0. The van der Waals surface area contributed by atoms with E-state index < -0.39 is 11.2 Å². The quantitative estimate of drug-likeness (QED) is 0.886. The number of carbonyl (C=O) groups is 2. The Morgan fingerprint density at radius 1 is 1.23 bits per heavy atom. The molecule has 116 valence electrons. The van der Waals surface area contributed by atoms with Crippen molar-refractivity contribution in [1.29, 1.82) is 5.26 Å². The van der Waals surface area contributed by atoms with Gasteiger partial charge < -0.3 is 10.4 Å². The molecule has 7 heteroatoms. The molecule has 22 heavy (non-hydrogen) atoms. The Morgan fingerprint density at radius 2 is 1.95 bits per heavy atom. The monoisotopic (exact) mass is 336 g/mol. The van der Waals surface area contributed by atoms with Crippen LogP contribution in [-0.4, -0.2) is 27.5 Å². The molecule has 1 fully saturated rings. The fraction of sp³-hybridized carbons (Fsp3) is 0.533. The number of anilines is 1. The number of thiophene rings is 1. The summed E-state index contributed by atoms with van der Waals surface area (Å²) < 4.78 is 0. The smallest absolute Gasteiger partial charge is 0.316 e. The summed E-state index contributed by atoms with van der Waals surface area (Å²) in [5.74, 6) is -1.03. The van der Waals surface area contributed by atoms with Crippen molar-refractivity contribution in [3.05, 3.63) is 16.0 Å². The van der Waals surface area contributed by atoms with E-state index in [-0.39, 0.29) is 11.2 Å². The number of carbonyl (C=O) groups excluding carboxylic acids is 1. The number of carboxylic acids is 1. The molecule has 1 aromatic rings. The second-order valence-electron chi connectivity index (χ2n) is 5.55. The maximum Gasteiger partial charge on any atom is 0.316 e. The van der Waals surface area contributed by atoms with Gasteiger partial charge in [0.15, 0.2) is 0 Å². The Hall–Kier alpha value is -1.52. The van der Waals surface area contributed by atoms with Crippen LogP contribution in [0.4, 0.5) is 5.00 Å². The van der Waals surface area contributed by atoms with Gasteiger partial charge in [0.1, 0.15) is 16.3 Å². The normalized spacial score (nSPS) is 23.6. The molecule has 1 saturated heterocycles. The third kappa shape index (κ3) is 2.85. The second-order valence-corrected chi connectivity index (χ2v) is 8.06. The maximum atomic E-state index is 12.3. The third-order valence-electron chi connectivity index (χ3n) is 4.11. The van der Waals surface area contributed by atoms with Gasteiger partial charge >= 0.3 is 5.97 Å². The summed E-state index contributed by atoms with van der Waals surface area (Å²) in [4.78, 5) is 24.5. The van der Waals surface area contributed by atoms with Crippen LogP contribution in [0.25, 0.3) is 0 Å². The number of nitriles is 1. The minimum atomic E-state index is -0.857. The zero-order valence-corrected chi connectivity index (χ0v) is 13.6. The summed E-state index contributed by atoms with van der Waals surface area (Å²) in [7, 11) is 0. The summed E-state index contributed by atoms with van der Waals surface area (Å²) in [5, 5.41) is 21.0. The number of aliphatic carboxylic acids is 1. The Labute approximate surface area is 136 Å². The minimum absolute atomic E-state index is 0.177. The molecular formula is C15H16N2O3S2. The van der Waals surface area contributed by atoms with Crippen molar-refractivity contribution in [2.75, 3.05) is 5.32 Å². The van der Waals surface area contributed by atoms with Crippen LogP contribution in [0.1, 0.15) is 41.7 Å². The van der Waals surface area contributed by atoms with Gasteiger partial charge in [0.2, 0.25) is 5.91 Å². The van der Waals surface area contributed by atoms with Gasteiger partial charge in [-0.2, -0.15) is 5.26 Å². The van der Waals surface area contributed by atoms with E-state index in [4.69, 9.17) is 5.11 Å². The fourth-order valence-corrected chi connectivity index (χ4v) is 5.46. The Morgan fingerprint density at radius 3 is 2.64 bits per heavy atom. The predicted octanol–water partition coefficient (Wildman–Crippen LogP) is 2.79. The average Bonchev–Trinajstić information content (AvgIpc) is 3.11. The minimum Gasteiger partial charge on any atom is -0.480 e. The number of amides is 1. The second kappa shape index (κ2) is 6.31. The number of nitrogens with zero attached hydrogens (tertiary/aromatic N) is 1. The Bertz CT molecular complexity index is 662. The number of fused-ring (bicyclic) bond motifs is 1. The van der Waals surface area contributed by atoms with Gasteiger partial charge in [-0.1, -0.05) is 0 Å². The summed E-state index contributed by atoms with van der Waals surface area (Å²) in [6.07, 6.45) is 5.19. The van der Waals surface area contributed by atoms with Gasteiger partial charge in [0.25, 0.3) is 0 Å². The number of thioether (sulfide) groups is 1. The van der Waals surface area contributed by atoms with E-state index in [1.54, 1.807) is 0 Å². The van der Waals surface area contributed by atoms with Crippen LogP contribution < -0.4 is 5.32 Å². The highest BCUT2D eigenvalue weighted by molar-refractivity contribution is 8.02. The van der Waals surface area contributed by atoms with Gasteiger partial charge in [-0.15, -0.1) is 23.1 Å². The summed E-state index contributed by atoms with van der Waals surface area (Å²) in [6, 6.07) is 2.22. The van der Waals surface area contributed by atoms with E-state index in [9.17, 15) is 14.9 Å². The summed E-state index contributed by atoms with van der Waals surface area (Å²) >= 11 is 2.71. The fourth-order valence-electron chi connectivity index (χ4n) is 2.98. The molecule has 0 spiro atoms. The lowest BCUT2D eigenvalue weighted by Gasteiger charge is -2.10. The van der Waals surface area contributed by atoms with Crippen LogP contribution in [0.3, 0.4) is 0 Å². The molecule has 2 heterocycles. The lowest BCUT2D eigenvalue weighted by molar-refractivity contribution is -0.136. The lowest BCUT2D eigenvalue weighted by Crippen LogP contribution is -2.23. The molecule has 0 aromatic carbocycles. The van der Waals surface area contributed by atoms with Gasteiger partial charge in [0.05, 0.1) is 10.8 Å². The van der Waals surface area contributed by atoms with Gasteiger partial charge in [-0.05, 0) is 44.1 Å². The number of hydrogen-bond acceptors (Lipinski definition) is 5. The number of rotatable bonds is 3. The Balaban J connectivity index is 1.74. The van der Waals surface area contributed by atoms with Crippen LogP contribution in [0.2, 0.25) is 0 Å². The molecular weight excluding hydrogens is 320 g/mol. The molecule has 1 aromatic heterocycles. The van der Waals surface area contributed by atoms with E-state index >= 15 is 0 Å². The molecule has 2 atom stereocenters. The highest BCUT2D eigenvalue weighted by Gasteiger charge is 2.35. The van der Waals surface area contributed by atoms with Crippen LogP contribution in [0, 0.1) is 11.3 Å². The molecule has 0 bridgehead atoms. The predicted molar refractivity (Wildman–Crippen MR) is 86.3 cm³/mol. The molecule has 0 radical (unpaired) electrons. The Kier molecular flexibility index (Phi) is 4.41. The molecule has 2 N–H and O–H groups in total. The van der Waals surface area contributed by atoms with E-state index in [0.29, 0.717) is 23.4 Å². The van der Waals surface area contributed by atoms with Crippen LogP contribution in [-0.2, 0) is 22.4 Å². The maximum absolute atomic E-state index is 12.3. The zero-order valence-electron chi connectivity index (χ0n) is 11.9. The van der Waals surface area contributed by atoms with Gasteiger partial charge in [-0.25, -0.2) is 0 Å². The zero-order chi connectivity index (χ0) is 15.7. The highest BCUT2D eigenvalue weighted by Crippen LogP contribution is 2.39. The van der Waals surface area contributed by atoms with E-state index in [0.717, 1.165) is 31.2 Å². The number of hydrogen-bond donors (Lipinski definition) is 2. The van der Waals surface area contributed by atoms with Crippen LogP contribution in [0.5, 0.6) is 0 Å². The number of nitrogens with one attached hydrogen (secondary N) is 1. The molecule has 5 nitrogen and oxygen atoms in total. The van der Waals surface area contributed by atoms with Crippen molar-refractivity contribution in [2.45, 2.75) is 49.0 Å². The van der Waals surface area contributed by atoms with Crippen molar-refractivity contribution < 1.29 is 14.7 Å². The molecule has 1 amide bonds. The van der Waals surface area contributed by atoms with Gasteiger partial charge in [0, 0.05) is 4.88 Å². The average molecular weight is 336 g/mol.